The summed E-state index contributed by atoms with van der Waals surface area (Å²) in [5.74, 6) is -1.04. The summed E-state index contributed by atoms with van der Waals surface area (Å²) < 4.78 is 18.9. The highest BCUT2D eigenvalue weighted by molar-refractivity contribution is 5.81. The van der Waals surface area contributed by atoms with Crippen LogP contribution < -0.4 is 5.32 Å². The summed E-state index contributed by atoms with van der Waals surface area (Å²) in [7, 11) is 1.54. The number of benzene rings is 1. The van der Waals surface area contributed by atoms with Crippen LogP contribution in [0.1, 0.15) is 5.56 Å². The lowest BCUT2D eigenvalue weighted by Crippen LogP contribution is -2.52. The molecular formula is C13H16FN3O4. The van der Waals surface area contributed by atoms with Crippen molar-refractivity contribution in [3.8, 4) is 0 Å². The summed E-state index contributed by atoms with van der Waals surface area (Å²) in [5, 5.41) is 13.2. The maximum absolute atomic E-state index is 13.6. The van der Waals surface area contributed by atoms with Gasteiger partial charge in [0.15, 0.2) is 0 Å². The third kappa shape index (κ3) is 3.53. The summed E-state index contributed by atoms with van der Waals surface area (Å²) in [4.78, 5) is 23.5. The zero-order chi connectivity index (χ0) is 15.4. The normalized spacial score (nSPS) is 19.2. The van der Waals surface area contributed by atoms with Crippen molar-refractivity contribution >= 4 is 11.6 Å². The van der Waals surface area contributed by atoms with Gasteiger partial charge in [-0.3, -0.25) is 19.8 Å². The van der Waals surface area contributed by atoms with Gasteiger partial charge in [-0.1, -0.05) is 6.07 Å². The van der Waals surface area contributed by atoms with E-state index in [1.165, 1.54) is 6.07 Å². The highest BCUT2D eigenvalue weighted by Crippen LogP contribution is 2.20. The summed E-state index contributed by atoms with van der Waals surface area (Å²) in [6.45, 7) is 1.63. The molecule has 1 aromatic carbocycles. The van der Waals surface area contributed by atoms with Crippen LogP contribution in [-0.2, 0) is 16.1 Å². The van der Waals surface area contributed by atoms with Gasteiger partial charge in [-0.25, -0.2) is 0 Å². The van der Waals surface area contributed by atoms with Gasteiger partial charge in [0, 0.05) is 26.2 Å². The fraction of sp³-hybridized carbons (Fsp3) is 0.462. The maximum Gasteiger partial charge on any atom is 0.304 e. The SMILES string of the molecule is CNC(=O)C1COCCN1Cc1ccc([N+](=O)[O-])c(F)c1. The van der Waals surface area contributed by atoms with Crippen LogP contribution in [0.25, 0.3) is 0 Å². The van der Waals surface area contributed by atoms with Gasteiger partial charge in [-0.05, 0) is 11.6 Å². The first-order valence-corrected chi connectivity index (χ1v) is 6.49. The molecule has 1 aliphatic heterocycles. The van der Waals surface area contributed by atoms with Crippen molar-refractivity contribution in [3.05, 3.63) is 39.7 Å². The Morgan fingerprint density at radius 2 is 2.38 bits per heavy atom. The molecule has 0 saturated carbocycles. The highest BCUT2D eigenvalue weighted by Gasteiger charge is 2.29. The molecule has 1 amide bonds. The second kappa shape index (κ2) is 6.59. The number of nitro groups is 1. The number of rotatable bonds is 4. The molecule has 1 N–H and O–H groups in total. The predicted octanol–water partition coefficient (Wildman–Crippen LogP) is 0.681. The minimum absolute atomic E-state index is 0.169. The third-order valence-electron chi connectivity index (χ3n) is 3.38. The Balaban J connectivity index is 2.14. The smallest absolute Gasteiger partial charge is 0.304 e. The second-order valence-corrected chi connectivity index (χ2v) is 4.72. The molecule has 1 aliphatic rings. The van der Waals surface area contributed by atoms with Crippen molar-refractivity contribution < 1.29 is 18.8 Å². The van der Waals surface area contributed by atoms with Crippen LogP contribution in [0.4, 0.5) is 10.1 Å². The number of hydrogen-bond acceptors (Lipinski definition) is 5. The number of nitrogens with zero attached hydrogens (tertiary/aromatic N) is 2. The van der Waals surface area contributed by atoms with Crippen molar-refractivity contribution in [2.24, 2.45) is 0 Å². The zero-order valence-electron chi connectivity index (χ0n) is 11.5. The van der Waals surface area contributed by atoms with Crippen molar-refractivity contribution in [3.63, 3.8) is 0 Å². The van der Waals surface area contributed by atoms with E-state index >= 15 is 0 Å². The molecular weight excluding hydrogens is 281 g/mol. The lowest BCUT2D eigenvalue weighted by atomic mass is 10.1. The molecule has 1 fully saturated rings. The molecule has 7 nitrogen and oxygen atoms in total. The summed E-state index contributed by atoms with van der Waals surface area (Å²) in [6, 6.07) is 3.33. The quantitative estimate of drug-likeness (QED) is 0.652. The molecule has 1 aromatic rings. The average molecular weight is 297 g/mol. The Hall–Kier alpha value is -2.06. The summed E-state index contributed by atoms with van der Waals surface area (Å²) in [6.07, 6.45) is 0. The van der Waals surface area contributed by atoms with E-state index in [2.05, 4.69) is 5.32 Å². The summed E-state index contributed by atoms with van der Waals surface area (Å²) >= 11 is 0. The molecule has 1 heterocycles. The Kier molecular flexibility index (Phi) is 4.81. The molecule has 0 radical (unpaired) electrons. The lowest BCUT2D eigenvalue weighted by Gasteiger charge is -2.34. The van der Waals surface area contributed by atoms with Gasteiger partial charge in [0.1, 0.15) is 6.04 Å². The fourth-order valence-corrected chi connectivity index (χ4v) is 2.27. The number of likely N-dealkylation sites (N-methyl/N-ethyl adjacent to an activating group) is 1. The van der Waals surface area contributed by atoms with Crippen LogP contribution in [0, 0.1) is 15.9 Å². The largest absolute Gasteiger partial charge is 0.378 e. The first-order chi connectivity index (χ1) is 10.0. The molecule has 8 heteroatoms. The van der Waals surface area contributed by atoms with Crippen LogP contribution in [0.5, 0.6) is 0 Å². The first-order valence-electron chi connectivity index (χ1n) is 6.49. The molecule has 0 spiro atoms. The van der Waals surface area contributed by atoms with Crippen molar-refractivity contribution in [2.45, 2.75) is 12.6 Å². The van der Waals surface area contributed by atoms with Crippen LogP contribution in [0.15, 0.2) is 18.2 Å². The predicted molar refractivity (Wildman–Crippen MR) is 72.1 cm³/mol. The van der Waals surface area contributed by atoms with E-state index in [1.54, 1.807) is 7.05 Å². The van der Waals surface area contributed by atoms with Gasteiger partial charge in [0.25, 0.3) is 0 Å². The van der Waals surface area contributed by atoms with Crippen molar-refractivity contribution in [1.29, 1.82) is 0 Å². The zero-order valence-corrected chi connectivity index (χ0v) is 11.5. The first kappa shape index (κ1) is 15.3. The molecule has 21 heavy (non-hydrogen) atoms. The Morgan fingerprint density at radius 1 is 1.62 bits per heavy atom. The number of morpholine rings is 1. The van der Waals surface area contributed by atoms with Gasteiger partial charge in [0.05, 0.1) is 18.1 Å². The third-order valence-corrected chi connectivity index (χ3v) is 3.38. The standard InChI is InChI=1S/C13H16FN3O4/c1-15-13(18)12-8-21-5-4-16(12)7-9-2-3-11(17(19)20)10(14)6-9/h2-3,6,12H,4-5,7-8H2,1H3,(H,15,18). The number of amides is 1. The molecule has 114 valence electrons. The number of hydrogen-bond donors (Lipinski definition) is 1. The molecule has 1 saturated heterocycles. The van der Waals surface area contributed by atoms with Crippen molar-refractivity contribution in [1.82, 2.24) is 10.2 Å². The monoisotopic (exact) mass is 297 g/mol. The van der Waals surface area contributed by atoms with Gasteiger partial charge >= 0.3 is 5.69 Å². The van der Waals surface area contributed by atoms with Crippen LogP contribution in [0.3, 0.4) is 0 Å². The number of carbonyl (C=O) groups is 1. The van der Waals surface area contributed by atoms with Gasteiger partial charge in [-0.15, -0.1) is 0 Å². The van der Waals surface area contributed by atoms with E-state index in [9.17, 15) is 19.3 Å². The number of carbonyl (C=O) groups excluding carboxylic acids is 1. The maximum atomic E-state index is 13.6. The molecule has 0 aromatic heterocycles. The number of nitrogens with one attached hydrogen (secondary N) is 1. The van der Waals surface area contributed by atoms with Crippen LogP contribution >= 0.6 is 0 Å². The van der Waals surface area contributed by atoms with E-state index in [0.717, 1.165) is 12.1 Å². The Bertz CT molecular complexity index is 552. The van der Waals surface area contributed by atoms with Crippen molar-refractivity contribution in [2.75, 3.05) is 26.8 Å². The van der Waals surface area contributed by atoms with E-state index in [-0.39, 0.29) is 12.5 Å². The van der Waals surface area contributed by atoms with Gasteiger partial charge in [-0.2, -0.15) is 4.39 Å². The minimum atomic E-state index is -0.873. The van der Waals surface area contributed by atoms with E-state index in [4.69, 9.17) is 4.74 Å². The number of nitro benzene ring substituents is 1. The highest BCUT2D eigenvalue weighted by atomic mass is 19.1. The number of ether oxygens (including phenoxy) is 1. The fourth-order valence-electron chi connectivity index (χ4n) is 2.27. The molecule has 0 aliphatic carbocycles. The average Bonchev–Trinajstić information content (AvgIpc) is 2.46. The van der Waals surface area contributed by atoms with Crippen LogP contribution in [0.2, 0.25) is 0 Å². The topological polar surface area (TPSA) is 84.7 Å². The molecule has 1 atom stereocenters. The Labute approximate surface area is 120 Å². The lowest BCUT2D eigenvalue weighted by molar-refractivity contribution is -0.387. The summed E-state index contributed by atoms with van der Waals surface area (Å²) in [5.41, 5.74) is 0.0254. The van der Waals surface area contributed by atoms with Gasteiger partial charge < -0.3 is 10.1 Å². The molecule has 0 bridgehead atoms. The Morgan fingerprint density at radius 3 is 3.00 bits per heavy atom. The van der Waals surface area contributed by atoms with E-state index in [0.29, 0.717) is 25.3 Å². The van der Waals surface area contributed by atoms with Gasteiger partial charge in [0.2, 0.25) is 11.7 Å². The van der Waals surface area contributed by atoms with E-state index in [1.807, 2.05) is 4.90 Å². The molecule has 1 unspecified atom stereocenters. The number of halogens is 1. The molecule has 2 rings (SSSR count). The van der Waals surface area contributed by atoms with Crippen LogP contribution in [-0.4, -0.2) is 48.6 Å². The second-order valence-electron chi connectivity index (χ2n) is 4.72. The van der Waals surface area contributed by atoms with E-state index < -0.39 is 22.5 Å². The minimum Gasteiger partial charge on any atom is -0.378 e.